The first-order valence-electron chi connectivity index (χ1n) is 6.23. The maximum atomic E-state index is 11.9. The quantitative estimate of drug-likeness (QED) is 0.779. The number of methoxy groups -OCH3 is 1. The first-order valence-corrected chi connectivity index (χ1v) is 8.72. The van der Waals surface area contributed by atoms with Crippen molar-refractivity contribution in [3.63, 3.8) is 0 Å². The maximum absolute atomic E-state index is 11.9. The number of hydrogen-bond donors (Lipinski definition) is 1. The Kier molecular flexibility index (Phi) is 5.85. The molecule has 1 rings (SSSR count). The number of anilines is 1. The van der Waals surface area contributed by atoms with E-state index in [-0.39, 0.29) is 11.6 Å². The number of carbonyl (C=O) groups is 2. The Morgan fingerprint density at radius 3 is 2.52 bits per heavy atom. The molecule has 0 radical (unpaired) electrons. The van der Waals surface area contributed by atoms with Crippen LogP contribution in [0.25, 0.3) is 0 Å². The highest BCUT2D eigenvalue weighted by molar-refractivity contribution is 7.93. The molecule has 1 atom stereocenters. The molecule has 0 unspecified atom stereocenters. The summed E-state index contributed by atoms with van der Waals surface area (Å²) in [5.74, 6) is -1.07. The summed E-state index contributed by atoms with van der Waals surface area (Å²) in [6, 6.07) is 0. The molecule has 1 amide bonds. The van der Waals surface area contributed by atoms with E-state index in [4.69, 9.17) is 0 Å². The topological polar surface area (TPSA) is 102 Å². The number of nitrogens with zero attached hydrogens (tertiary/aromatic N) is 1. The summed E-state index contributed by atoms with van der Waals surface area (Å²) in [6.07, 6.45) is 0.00270. The predicted molar refractivity (Wildman–Crippen MR) is 80.0 cm³/mol. The van der Waals surface area contributed by atoms with Gasteiger partial charge in [-0.15, -0.1) is 11.3 Å². The fourth-order valence-electron chi connectivity index (χ4n) is 1.43. The molecule has 1 aromatic heterocycles. The second kappa shape index (κ2) is 6.99. The summed E-state index contributed by atoms with van der Waals surface area (Å²) in [4.78, 5) is 27.1. The number of hydrogen-bond acceptors (Lipinski definition) is 7. The Bertz CT molecular complexity index is 621. The lowest BCUT2D eigenvalue weighted by Gasteiger charge is -2.14. The SMILES string of the molecule is COC(=O)Cc1csc(NC(=O)[C@@H](C)S(=O)(=O)C(C)C)n1. The van der Waals surface area contributed by atoms with E-state index in [1.807, 2.05) is 0 Å². The summed E-state index contributed by atoms with van der Waals surface area (Å²) < 4.78 is 28.3. The van der Waals surface area contributed by atoms with Crippen LogP contribution in [-0.2, 0) is 30.6 Å². The van der Waals surface area contributed by atoms with Crippen molar-refractivity contribution in [3.8, 4) is 0 Å². The summed E-state index contributed by atoms with van der Waals surface area (Å²) in [6.45, 7) is 4.39. The highest BCUT2D eigenvalue weighted by Crippen LogP contribution is 2.18. The van der Waals surface area contributed by atoms with E-state index >= 15 is 0 Å². The zero-order valence-corrected chi connectivity index (χ0v) is 13.9. The van der Waals surface area contributed by atoms with Crippen molar-refractivity contribution in [2.75, 3.05) is 12.4 Å². The molecule has 0 aliphatic carbocycles. The Morgan fingerprint density at radius 1 is 1.38 bits per heavy atom. The van der Waals surface area contributed by atoms with Crippen LogP contribution in [0.1, 0.15) is 26.5 Å². The molecule has 7 nitrogen and oxygen atoms in total. The lowest BCUT2D eigenvalue weighted by atomic mass is 10.3. The number of rotatable bonds is 6. The van der Waals surface area contributed by atoms with Gasteiger partial charge in [0.15, 0.2) is 15.0 Å². The van der Waals surface area contributed by atoms with Gasteiger partial charge in [0.2, 0.25) is 5.91 Å². The molecule has 118 valence electrons. The van der Waals surface area contributed by atoms with Crippen LogP contribution in [0.2, 0.25) is 0 Å². The summed E-state index contributed by atoms with van der Waals surface area (Å²) in [5, 5.41) is 2.51. The van der Waals surface area contributed by atoms with Gasteiger partial charge in [-0.05, 0) is 20.8 Å². The Labute approximate surface area is 127 Å². The third-order valence-electron chi connectivity index (χ3n) is 2.85. The highest BCUT2D eigenvalue weighted by atomic mass is 32.2. The molecule has 9 heteroatoms. The zero-order valence-electron chi connectivity index (χ0n) is 12.2. The molecule has 0 saturated heterocycles. The molecule has 0 aliphatic heterocycles. The molecule has 0 fully saturated rings. The van der Waals surface area contributed by atoms with Gasteiger partial charge >= 0.3 is 5.97 Å². The van der Waals surface area contributed by atoms with Gasteiger partial charge in [-0.2, -0.15) is 0 Å². The van der Waals surface area contributed by atoms with Crippen LogP contribution < -0.4 is 5.32 Å². The average Bonchev–Trinajstić information content (AvgIpc) is 2.84. The number of aromatic nitrogens is 1. The van der Waals surface area contributed by atoms with Gasteiger partial charge in [0.1, 0.15) is 5.25 Å². The Hall–Kier alpha value is -1.48. The molecule has 0 aromatic carbocycles. The van der Waals surface area contributed by atoms with Gasteiger partial charge in [-0.25, -0.2) is 13.4 Å². The van der Waals surface area contributed by atoms with Crippen LogP contribution in [0.4, 0.5) is 5.13 Å². The lowest BCUT2D eigenvalue weighted by molar-refractivity contribution is -0.139. The minimum absolute atomic E-state index is 0.00270. The maximum Gasteiger partial charge on any atom is 0.311 e. The van der Waals surface area contributed by atoms with Crippen LogP contribution in [0.3, 0.4) is 0 Å². The van der Waals surface area contributed by atoms with E-state index in [2.05, 4.69) is 15.0 Å². The highest BCUT2D eigenvalue weighted by Gasteiger charge is 2.31. The van der Waals surface area contributed by atoms with Crippen LogP contribution in [0.15, 0.2) is 5.38 Å². The first-order chi connectivity index (χ1) is 9.68. The number of thiazole rings is 1. The number of amides is 1. The van der Waals surface area contributed by atoms with E-state index < -0.39 is 32.2 Å². The summed E-state index contributed by atoms with van der Waals surface area (Å²) in [5.41, 5.74) is 0.460. The smallest absolute Gasteiger partial charge is 0.311 e. The van der Waals surface area contributed by atoms with Crippen LogP contribution in [-0.4, -0.2) is 42.9 Å². The number of nitrogens with one attached hydrogen (secondary N) is 1. The molecule has 1 heterocycles. The van der Waals surface area contributed by atoms with Crippen LogP contribution in [0.5, 0.6) is 0 Å². The molecular weight excluding hydrogens is 316 g/mol. The van der Waals surface area contributed by atoms with Crippen molar-refractivity contribution in [2.45, 2.75) is 37.7 Å². The first kappa shape index (κ1) is 17.6. The van der Waals surface area contributed by atoms with E-state index in [0.717, 1.165) is 11.3 Å². The number of ether oxygens (including phenoxy) is 1. The number of carbonyl (C=O) groups excluding carboxylic acids is 2. The van der Waals surface area contributed by atoms with Gasteiger partial charge in [0.05, 0.1) is 24.5 Å². The van der Waals surface area contributed by atoms with Crippen molar-refractivity contribution in [3.05, 3.63) is 11.1 Å². The minimum Gasteiger partial charge on any atom is -0.469 e. The average molecular weight is 334 g/mol. The van der Waals surface area contributed by atoms with E-state index in [0.29, 0.717) is 5.69 Å². The third-order valence-corrected chi connectivity index (χ3v) is 6.17. The van der Waals surface area contributed by atoms with Gasteiger partial charge < -0.3 is 10.1 Å². The van der Waals surface area contributed by atoms with E-state index in [1.165, 1.54) is 27.9 Å². The van der Waals surface area contributed by atoms with Crippen molar-refractivity contribution < 1.29 is 22.7 Å². The Balaban J connectivity index is 2.74. The molecule has 1 N–H and O–H groups in total. The van der Waals surface area contributed by atoms with Crippen LogP contribution in [0, 0.1) is 0 Å². The molecular formula is C12H18N2O5S2. The van der Waals surface area contributed by atoms with E-state index in [1.54, 1.807) is 5.38 Å². The van der Waals surface area contributed by atoms with Gasteiger partial charge in [0.25, 0.3) is 0 Å². The van der Waals surface area contributed by atoms with Gasteiger partial charge in [0, 0.05) is 5.38 Å². The molecule has 0 aliphatic rings. The lowest BCUT2D eigenvalue weighted by Crippen LogP contribution is -2.36. The fraction of sp³-hybridized carbons (Fsp3) is 0.583. The standard InChI is InChI=1S/C12H18N2O5S2/c1-7(2)21(17,18)8(3)11(16)14-12-13-9(6-20-12)5-10(15)19-4/h6-8H,5H2,1-4H3,(H,13,14,16)/t8-/m1/s1. The monoisotopic (exact) mass is 334 g/mol. The van der Waals surface area contributed by atoms with Gasteiger partial charge in [-0.3, -0.25) is 9.59 Å². The molecule has 21 heavy (non-hydrogen) atoms. The largest absolute Gasteiger partial charge is 0.469 e. The third kappa shape index (κ3) is 4.50. The summed E-state index contributed by atoms with van der Waals surface area (Å²) >= 11 is 1.12. The predicted octanol–water partition coefficient (Wildman–Crippen LogP) is 1.01. The minimum atomic E-state index is -3.52. The molecule has 0 saturated carbocycles. The molecule has 0 bridgehead atoms. The molecule has 1 aromatic rings. The van der Waals surface area contributed by atoms with Crippen LogP contribution >= 0.6 is 11.3 Å². The second-order valence-electron chi connectivity index (χ2n) is 4.67. The van der Waals surface area contributed by atoms with Crippen molar-refractivity contribution in [2.24, 2.45) is 0 Å². The normalized spacial score (nSPS) is 13.0. The second-order valence-corrected chi connectivity index (χ2v) is 8.35. The van der Waals surface area contributed by atoms with E-state index in [9.17, 15) is 18.0 Å². The number of esters is 1. The fourth-order valence-corrected chi connectivity index (χ4v) is 3.32. The van der Waals surface area contributed by atoms with Crippen molar-refractivity contribution >= 4 is 38.2 Å². The number of sulfone groups is 1. The summed E-state index contributed by atoms with van der Waals surface area (Å²) in [7, 11) is -2.25. The van der Waals surface area contributed by atoms with Crippen molar-refractivity contribution in [1.29, 1.82) is 0 Å². The van der Waals surface area contributed by atoms with Crippen molar-refractivity contribution in [1.82, 2.24) is 4.98 Å². The molecule has 0 spiro atoms. The zero-order chi connectivity index (χ0) is 16.2. The van der Waals surface area contributed by atoms with Gasteiger partial charge in [-0.1, -0.05) is 0 Å². The Morgan fingerprint density at radius 2 is 2.00 bits per heavy atom.